The molecule has 1 aliphatic rings. The lowest BCUT2D eigenvalue weighted by molar-refractivity contribution is -0.149. The van der Waals surface area contributed by atoms with Gasteiger partial charge in [0.25, 0.3) is 11.1 Å². The molecule has 0 saturated carbocycles. The normalized spacial score (nSPS) is 15.1. The molecule has 0 bridgehead atoms. The standard InChI is InChI=1S/C23H21BrClNO8S2/c1-4-32-18-10-14(11-19-22(28)26(23(29)35-19)12-20(27)33-13(2)3)9-17(24)21(18)34-36(30,31)16-7-5-15(25)6-8-16/h5-11,13H,4,12H2,1-3H3/b19-11-. The zero-order valence-corrected chi connectivity index (χ0v) is 23.3. The lowest BCUT2D eigenvalue weighted by Crippen LogP contribution is -2.35. The highest BCUT2D eigenvalue weighted by atomic mass is 79.9. The zero-order valence-electron chi connectivity index (χ0n) is 19.3. The third-order valence-corrected chi connectivity index (χ3v) is 7.44. The molecule has 0 unspecified atom stereocenters. The number of amides is 2. The van der Waals surface area contributed by atoms with Gasteiger partial charge in [-0.15, -0.1) is 0 Å². The van der Waals surface area contributed by atoms with Crippen molar-refractivity contribution in [2.24, 2.45) is 0 Å². The van der Waals surface area contributed by atoms with Crippen molar-refractivity contribution in [3.63, 3.8) is 0 Å². The van der Waals surface area contributed by atoms with Crippen molar-refractivity contribution in [3.05, 3.63) is 56.4 Å². The van der Waals surface area contributed by atoms with Gasteiger partial charge in [-0.3, -0.25) is 19.3 Å². The van der Waals surface area contributed by atoms with Gasteiger partial charge in [0.2, 0.25) is 0 Å². The molecule has 1 aliphatic heterocycles. The molecule has 0 atom stereocenters. The summed E-state index contributed by atoms with van der Waals surface area (Å²) in [4.78, 5) is 37.7. The third kappa shape index (κ3) is 6.81. The second kappa shape index (κ2) is 11.7. The Morgan fingerprint density at radius 3 is 2.47 bits per heavy atom. The molecule has 1 heterocycles. The summed E-state index contributed by atoms with van der Waals surface area (Å²) in [6, 6.07) is 8.46. The van der Waals surface area contributed by atoms with E-state index in [4.69, 9.17) is 25.3 Å². The summed E-state index contributed by atoms with van der Waals surface area (Å²) in [7, 11) is -4.21. The number of ether oxygens (including phenoxy) is 2. The number of hydrogen-bond acceptors (Lipinski definition) is 9. The highest BCUT2D eigenvalue weighted by Crippen LogP contribution is 2.40. The largest absolute Gasteiger partial charge is 0.490 e. The summed E-state index contributed by atoms with van der Waals surface area (Å²) in [5, 5.41) is -0.235. The van der Waals surface area contributed by atoms with Gasteiger partial charge in [-0.1, -0.05) is 11.6 Å². The van der Waals surface area contributed by atoms with Crippen LogP contribution in [0.25, 0.3) is 6.08 Å². The first-order chi connectivity index (χ1) is 16.9. The van der Waals surface area contributed by atoms with Crippen LogP contribution in [0, 0.1) is 0 Å². The predicted molar refractivity (Wildman–Crippen MR) is 138 cm³/mol. The van der Waals surface area contributed by atoms with Crippen LogP contribution in [-0.2, 0) is 24.4 Å². The van der Waals surface area contributed by atoms with Crippen LogP contribution in [0.4, 0.5) is 4.79 Å². The summed E-state index contributed by atoms with van der Waals surface area (Å²) in [5.41, 5.74) is 0.428. The van der Waals surface area contributed by atoms with Crippen LogP contribution in [0.15, 0.2) is 50.7 Å². The average molecular weight is 619 g/mol. The van der Waals surface area contributed by atoms with Gasteiger partial charge in [-0.2, -0.15) is 8.42 Å². The molecule has 0 spiro atoms. The van der Waals surface area contributed by atoms with Crippen molar-refractivity contribution < 1.29 is 36.5 Å². The maximum absolute atomic E-state index is 12.8. The first kappa shape index (κ1) is 28.0. The van der Waals surface area contributed by atoms with Gasteiger partial charge in [0.05, 0.1) is 22.1 Å². The molecule has 0 aromatic heterocycles. The third-order valence-electron chi connectivity index (χ3n) is 4.45. The summed E-state index contributed by atoms with van der Waals surface area (Å²) in [6.07, 6.45) is 1.05. The monoisotopic (exact) mass is 617 g/mol. The van der Waals surface area contributed by atoms with Crippen molar-refractivity contribution in [1.29, 1.82) is 0 Å². The minimum atomic E-state index is -4.21. The van der Waals surface area contributed by atoms with Gasteiger partial charge in [-0.05, 0) is 96.5 Å². The maximum atomic E-state index is 12.8. The number of halogens is 2. The lowest BCUT2D eigenvalue weighted by Gasteiger charge is -2.15. The number of hydrogen-bond donors (Lipinski definition) is 0. The van der Waals surface area contributed by atoms with E-state index in [9.17, 15) is 22.8 Å². The topological polar surface area (TPSA) is 116 Å². The SMILES string of the molecule is CCOc1cc(/C=C2\SC(=O)N(CC(=O)OC(C)C)C2=O)cc(Br)c1OS(=O)(=O)c1ccc(Cl)cc1. The second-order valence-electron chi connectivity index (χ2n) is 7.56. The van der Waals surface area contributed by atoms with Gasteiger partial charge in [0, 0.05) is 5.02 Å². The van der Waals surface area contributed by atoms with E-state index >= 15 is 0 Å². The Bertz CT molecular complexity index is 1330. The molecular formula is C23H21BrClNO8S2. The van der Waals surface area contributed by atoms with Crippen LogP contribution in [0.3, 0.4) is 0 Å². The van der Waals surface area contributed by atoms with E-state index in [0.717, 1.165) is 4.90 Å². The first-order valence-corrected chi connectivity index (χ1v) is 13.9. The van der Waals surface area contributed by atoms with Crippen molar-refractivity contribution in [3.8, 4) is 11.5 Å². The van der Waals surface area contributed by atoms with Crippen molar-refractivity contribution in [2.45, 2.75) is 31.8 Å². The van der Waals surface area contributed by atoms with E-state index in [1.807, 2.05) is 0 Å². The molecule has 1 saturated heterocycles. The average Bonchev–Trinajstić information content (AvgIpc) is 3.03. The van der Waals surface area contributed by atoms with Gasteiger partial charge in [0.1, 0.15) is 11.4 Å². The Balaban J connectivity index is 1.89. The number of benzene rings is 2. The Labute approximate surface area is 226 Å². The lowest BCUT2D eigenvalue weighted by atomic mass is 10.2. The molecule has 0 aliphatic carbocycles. The molecule has 2 aromatic rings. The second-order valence-corrected chi connectivity index (χ2v) is 11.4. The molecule has 1 fully saturated rings. The Hall–Kier alpha value is -2.54. The van der Waals surface area contributed by atoms with Gasteiger partial charge in [0.15, 0.2) is 11.5 Å². The Morgan fingerprint density at radius 2 is 1.86 bits per heavy atom. The fourth-order valence-corrected chi connectivity index (χ4v) is 5.56. The number of imide groups is 1. The van der Waals surface area contributed by atoms with E-state index in [2.05, 4.69) is 15.9 Å². The number of thioether (sulfide) groups is 1. The predicted octanol–water partition coefficient (Wildman–Crippen LogP) is 5.26. The first-order valence-electron chi connectivity index (χ1n) is 10.5. The maximum Gasteiger partial charge on any atom is 0.339 e. The summed E-state index contributed by atoms with van der Waals surface area (Å²) < 4.78 is 41.7. The van der Waals surface area contributed by atoms with Crippen molar-refractivity contribution in [2.75, 3.05) is 13.2 Å². The number of esters is 1. The van der Waals surface area contributed by atoms with E-state index in [0.29, 0.717) is 22.3 Å². The van der Waals surface area contributed by atoms with Crippen molar-refractivity contribution >= 4 is 72.6 Å². The molecular weight excluding hydrogens is 598 g/mol. The van der Waals surface area contributed by atoms with E-state index < -0.39 is 33.8 Å². The fraction of sp³-hybridized carbons (Fsp3) is 0.261. The van der Waals surface area contributed by atoms with Crippen LogP contribution in [0.5, 0.6) is 11.5 Å². The zero-order chi connectivity index (χ0) is 26.6. The highest BCUT2D eigenvalue weighted by molar-refractivity contribution is 9.10. The highest BCUT2D eigenvalue weighted by Gasteiger charge is 2.37. The van der Waals surface area contributed by atoms with E-state index in [-0.39, 0.29) is 38.5 Å². The van der Waals surface area contributed by atoms with Gasteiger partial charge >= 0.3 is 16.1 Å². The van der Waals surface area contributed by atoms with E-state index in [1.54, 1.807) is 20.8 Å². The molecule has 0 radical (unpaired) electrons. The summed E-state index contributed by atoms with van der Waals surface area (Å²) in [5.74, 6) is -1.34. The molecule has 0 N–H and O–H groups in total. The van der Waals surface area contributed by atoms with Gasteiger partial charge in [-0.25, -0.2) is 0 Å². The minimum Gasteiger partial charge on any atom is -0.490 e. The summed E-state index contributed by atoms with van der Waals surface area (Å²) >= 11 is 9.80. The number of carbonyl (C=O) groups excluding carboxylic acids is 3. The van der Waals surface area contributed by atoms with E-state index in [1.165, 1.54) is 42.5 Å². The molecule has 13 heteroatoms. The molecule has 192 valence electrons. The smallest absolute Gasteiger partial charge is 0.339 e. The minimum absolute atomic E-state index is 0.0779. The van der Waals surface area contributed by atoms with Crippen LogP contribution in [0.1, 0.15) is 26.3 Å². The van der Waals surface area contributed by atoms with Crippen LogP contribution >= 0.6 is 39.3 Å². The molecule has 36 heavy (non-hydrogen) atoms. The number of nitrogens with zero attached hydrogens (tertiary/aromatic N) is 1. The van der Waals surface area contributed by atoms with Crippen LogP contribution in [-0.4, -0.2) is 49.7 Å². The fourth-order valence-electron chi connectivity index (χ4n) is 2.99. The van der Waals surface area contributed by atoms with Crippen LogP contribution in [0.2, 0.25) is 5.02 Å². The number of carbonyl (C=O) groups is 3. The molecule has 2 amide bonds. The van der Waals surface area contributed by atoms with Crippen LogP contribution < -0.4 is 8.92 Å². The van der Waals surface area contributed by atoms with Crippen molar-refractivity contribution in [1.82, 2.24) is 4.90 Å². The quantitative estimate of drug-likeness (QED) is 0.211. The molecule has 2 aromatic carbocycles. The molecule has 9 nitrogen and oxygen atoms in total. The van der Waals surface area contributed by atoms with Gasteiger partial charge < -0.3 is 13.7 Å². The number of rotatable bonds is 9. The Morgan fingerprint density at radius 1 is 1.19 bits per heavy atom. The summed E-state index contributed by atoms with van der Waals surface area (Å²) in [6.45, 7) is 4.73. The molecule has 3 rings (SSSR count). The Kier molecular flexibility index (Phi) is 9.09.